The average molecular weight is 306 g/mol. The van der Waals surface area contributed by atoms with E-state index < -0.39 is 0 Å². The van der Waals surface area contributed by atoms with E-state index in [0.717, 1.165) is 28.0 Å². The van der Waals surface area contributed by atoms with Crippen molar-refractivity contribution in [3.63, 3.8) is 0 Å². The minimum Gasteiger partial charge on any atom is -0.482 e. The van der Waals surface area contributed by atoms with Gasteiger partial charge in [-0.2, -0.15) is 5.10 Å². The monoisotopic (exact) mass is 306 g/mol. The second kappa shape index (κ2) is 4.55. The van der Waals surface area contributed by atoms with Crippen molar-refractivity contribution in [2.75, 3.05) is 11.9 Å². The van der Waals surface area contributed by atoms with Crippen LogP contribution in [-0.4, -0.2) is 27.7 Å². The van der Waals surface area contributed by atoms with E-state index in [2.05, 4.69) is 21.6 Å². The molecule has 1 amide bonds. The van der Waals surface area contributed by atoms with Crippen LogP contribution in [0.2, 0.25) is 0 Å². The minimum absolute atomic E-state index is 0.0498. The van der Waals surface area contributed by atoms with Crippen LogP contribution in [0.1, 0.15) is 24.3 Å². The fraction of sp³-hybridized carbons (Fsp3) is 0.235. The molecule has 114 valence electrons. The molecule has 0 bridgehead atoms. The smallest absolute Gasteiger partial charge is 0.262 e. The van der Waals surface area contributed by atoms with E-state index in [1.54, 1.807) is 6.20 Å². The van der Waals surface area contributed by atoms with Crippen LogP contribution >= 0.6 is 0 Å². The first-order chi connectivity index (χ1) is 11.3. The number of pyridine rings is 1. The Hall–Kier alpha value is -2.89. The number of carbonyl (C=O) groups excluding carboxylic acids is 1. The molecule has 1 aliphatic carbocycles. The minimum atomic E-state index is -0.119. The van der Waals surface area contributed by atoms with E-state index in [1.807, 2.05) is 18.2 Å². The largest absolute Gasteiger partial charge is 0.482 e. The number of nitrogens with zero attached hydrogens (tertiary/aromatic N) is 2. The zero-order valence-electron chi connectivity index (χ0n) is 12.3. The van der Waals surface area contributed by atoms with E-state index in [-0.39, 0.29) is 12.5 Å². The Morgan fingerprint density at radius 2 is 2.13 bits per heavy atom. The molecule has 2 aliphatic rings. The number of H-pyrrole nitrogens is 1. The Morgan fingerprint density at radius 3 is 2.91 bits per heavy atom. The van der Waals surface area contributed by atoms with Crippen LogP contribution in [0.5, 0.6) is 5.75 Å². The molecule has 0 radical (unpaired) electrons. The topological polar surface area (TPSA) is 79.9 Å². The zero-order valence-corrected chi connectivity index (χ0v) is 12.3. The molecular weight excluding hydrogens is 292 g/mol. The molecule has 2 aromatic heterocycles. The maximum atomic E-state index is 11.5. The van der Waals surface area contributed by atoms with Gasteiger partial charge in [0.2, 0.25) is 0 Å². The van der Waals surface area contributed by atoms with Crippen molar-refractivity contribution in [2.45, 2.75) is 18.8 Å². The van der Waals surface area contributed by atoms with Crippen molar-refractivity contribution in [1.82, 2.24) is 15.2 Å². The van der Waals surface area contributed by atoms with E-state index in [1.165, 1.54) is 18.4 Å². The predicted molar refractivity (Wildman–Crippen MR) is 85.4 cm³/mol. The lowest BCUT2D eigenvalue weighted by Crippen LogP contribution is -2.25. The quantitative estimate of drug-likeness (QED) is 0.763. The van der Waals surface area contributed by atoms with Gasteiger partial charge in [0.1, 0.15) is 5.75 Å². The molecule has 0 unspecified atom stereocenters. The summed E-state index contributed by atoms with van der Waals surface area (Å²) < 4.78 is 5.52. The van der Waals surface area contributed by atoms with Crippen molar-refractivity contribution < 1.29 is 9.53 Å². The third kappa shape index (κ3) is 2.06. The van der Waals surface area contributed by atoms with Crippen LogP contribution in [0.3, 0.4) is 0 Å². The highest BCUT2D eigenvalue weighted by Crippen LogP contribution is 2.45. The lowest BCUT2D eigenvalue weighted by molar-refractivity contribution is -0.118. The van der Waals surface area contributed by atoms with Crippen LogP contribution in [0.4, 0.5) is 5.69 Å². The Kier molecular flexibility index (Phi) is 2.50. The van der Waals surface area contributed by atoms with Gasteiger partial charge in [-0.15, -0.1) is 0 Å². The number of rotatable bonds is 2. The van der Waals surface area contributed by atoms with Crippen molar-refractivity contribution in [3.05, 3.63) is 36.0 Å². The molecule has 0 saturated heterocycles. The fourth-order valence-electron chi connectivity index (χ4n) is 3.10. The molecule has 23 heavy (non-hydrogen) atoms. The summed E-state index contributed by atoms with van der Waals surface area (Å²) in [5, 5.41) is 10.9. The van der Waals surface area contributed by atoms with Crippen LogP contribution in [0.15, 0.2) is 30.5 Å². The number of carbonyl (C=O) groups is 1. The molecule has 1 aromatic carbocycles. The zero-order chi connectivity index (χ0) is 15.4. The Labute approximate surface area is 131 Å². The first-order valence-corrected chi connectivity index (χ1v) is 7.69. The number of aromatic nitrogens is 3. The lowest BCUT2D eigenvalue weighted by Gasteiger charge is -2.19. The molecule has 1 fully saturated rings. The van der Waals surface area contributed by atoms with Gasteiger partial charge >= 0.3 is 0 Å². The number of anilines is 1. The maximum absolute atomic E-state index is 11.5. The second-order valence-electron chi connectivity index (χ2n) is 6.04. The molecule has 1 saturated carbocycles. The van der Waals surface area contributed by atoms with E-state index >= 15 is 0 Å². The van der Waals surface area contributed by atoms with Crippen LogP contribution in [0, 0.1) is 0 Å². The van der Waals surface area contributed by atoms with Crippen molar-refractivity contribution in [2.24, 2.45) is 0 Å². The molecule has 0 spiro atoms. The summed E-state index contributed by atoms with van der Waals surface area (Å²) in [6.07, 6.45) is 4.12. The summed E-state index contributed by atoms with van der Waals surface area (Å²) >= 11 is 0. The summed E-state index contributed by atoms with van der Waals surface area (Å²) in [4.78, 5) is 16.3. The summed E-state index contributed by atoms with van der Waals surface area (Å²) in [5.74, 6) is 1.13. The normalized spacial score (nSPS) is 16.8. The standard InChI is InChI=1S/C17H14N4O2/c22-17-8-23-16-7-13-11(6-15(16)20-17)10(9-1-2-9)5-14(19-13)12-3-4-18-21-12/h3-7,9H,1-2,8H2,(H,18,21)(H,20,22). The molecule has 6 nitrogen and oxygen atoms in total. The lowest BCUT2D eigenvalue weighted by atomic mass is 10.0. The van der Waals surface area contributed by atoms with Gasteiger partial charge in [-0.25, -0.2) is 4.98 Å². The molecular formula is C17H14N4O2. The van der Waals surface area contributed by atoms with Gasteiger partial charge in [0, 0.05) is 17.6 Å². The third-order valence-electron chi connectivity index (χ3n) is 4.37. The van der Waals surface area contributed by atoms with Gasteiger partial charge in [0.15, 0.2) is 6.61 Å². The number of benzene rings is 1. The van der Waals surface area contributed by atoms with E-state index in [9.17, 15) is 4.79 Å². The average Bonchev–Trinajstić information content (AvgIpc) is 3.25. The SMILES string of the molecule is O=C1COc2cc3nc(-c4ccn[nH]4)cc(C4CC4)c3cc2N1. The van der Waals surface area contributed by atoms with Gasteiger partial charge in [0.25, 0.3) is 5.91 Å². The second-order valence-corrected chi connectivity index (χ2v) is 6.04. The first-order valence-electron chi connectivity index (χ1n) is 7.69. The van der Waals surface area contributed by atoms with Gasteiger partial charge in [0.05, 0.1) is 22.6 Å². The number of hydrogen-bond acceptors (Lipinski definition) is 4. The van der Waals surface area contributed by atoms with Gasteiger partial charge < -0.3 is 10.1 Å². The number of fused-ring (bicyclic) bond motifs is 2. The Bertz CT molecular complexity index is 929. The molecule has 2 N–H and O–H groups in total. The molecule has 0 atom stereocenters. The predicted octanol–water partition coefficient (Wildman–Crippen LogP) is 2.83. The molecule has 3 aromatic rings. The van der Waals surface area contributed by atoms with Gasteiger partial charge in [-0.05, 0) is 42.5 Å². The van der Waals surface area contributed by atoms with Gasteiger partial charge in [-0.1, -0.05) is 0 Å². The van der Waals surface area contributed by atoms with Crippen molar-refractivity contribution >= 4 is 22.5 Å². The summed E-state index contributed by atoms with van der Waals surface area (Å²) in [6.45, 7) is 0.0498. The van der Waals surface area contributed by atoms with Crippen LogP contribution in [-0.2, 0) is 4.79 Å². The third-order valence-corrected chi connectivity index (χ3v) is 4.37. The molecule has 1 aliphatic heterocycles. The number of nitrogens with one attached hydrogen (secondary N) is 2. The van der Waals surface area contributed by atoms with E-state index in [4.69, 9.17) is 9.72 Å². The fourth-order valence-corrected chi connectivity index (χ4v) is 3.10. The maximum Gasteiger partial charge on any atom is 0.262 e. The van der Waals surface area contributed by atoms with E-state index in [0.29, 0.717) is 11.7 Å². The highest BCUT2D eigenvalue weighted by atomic mass is 16.5. The number of amides is 1. The summed E-state index contributed by atoms with van der Waals surface area (Å²) in [5.41, 5.74) is 4.68. The summed E-state index contributed by atoms with van der Waals surface area (Å²) in [6, 6.07) is 7.94. The molecule has 6 heteroatoms. The molecule has 5 rings (SSSR count). The number of aromatic amines is 1. The number of hydrogen-bond donors (Lipinski definition) is 2. The van der Waals surface area contributed by atoms with Crippen LogP contribution in [0.25, 0.3) is 22.3 Å². The number of ether oxygens (including phenoxy) is 1. The first kappa shape index (κ1) is 12.6. The summed E-state index contributed by atoms with van der Waals surface area (Å²) in [7, 11) is 0. The van der Waals surface area contributed by atoms with Crippen molar-refractivity contribution in [1.29, 1.82) is 0 Å². The van der Waals surface area contributed by atoms with Crippen LogP contribution < -0.4 is 10.1 Å². The highest BCUT2D eigenvalue weighted by molar-refractivity contribution is 6.00. The Morgan fingerprint density at radius 1 is 1.22 bits per heavy atom. The van der Waals surface area contributed by atoms with Crippen molar-refractivity contribution in [3.8, 4) is 17.1 Å². The highest BCUT2D eigenvalue weighted by Gasteiger charge is 2.28. The molecule has 3 heterocycles. The van der Waals surface area contributed by atoms with Gasteiger partial charge in [-0.3, -0.25) is 9.89 Å². The Balaban J connectivity index is 1.76.